The Hall–Kier alpha value is -3.15. The van der Waals surface area contributed by atoms with Gasteiger partial charge in [0.05, 0.1) is 6.20 Å². The van der Waals surface area contributed by atoms with Crippen molar-refractivity contribution in [1.82, 2.24) is 15.2 Å². The average Bonchev–Trinajstić information content (AvgIpc) is 2.66. The highest BCUT2D eigenvalue weighted by Gasteiger charge is 2.04. The van der Waals surface area contributed by atoms with E-state index in [9.17, 15) is 0 Å². The van der Waals surface area contributed by atoms with Crippen molar-refractivity contribution in [3.05, 3.63) is 60.3 Å². The Labute approximate surface area is 154 Å². The van der Waals surface area contributed by atoms with Crippen LogP contribution in [0.5, 0.6) is 0 Å². The second-order valence-corrected chi connectivity index (χ2v) is 6.00. The number of nitrogens with one attached hydrogen (secondary N) is 2. The third kappa shape index (κ3) is 4.47. The maximum absolute atomic E-state index is 4.47. The van der Waals surface area contributed by atoms with Crippen molar-refractivity contribution in [2.45, 2.75) is 20.8 Å². The van der Waals surface area contributed by atoms with Gasteiger partial charge in [-0.15, -0.1) is 5.10 Å². The molecule has 0 atom stereocenters. The van der Waals surface area contributed by atoms with Gasteiger partial charge in [0.2, 0.25) is 5.95 Å². The summed E-state index contributed by atoms with van der Waals surface area (Å²) in [4.78, 5) is 6.77. The van der Waals surface area contributed by atoms with E-state index < -0.39 is 0 Å². The van der Waals surface area contributed by atoms with Crippen molar-refractivity contribution < 1.29 is 0 Å². The van der Waals surface area contributed by atoms with E-state index >= 15 is 0 Å². The molecule has 26 heavy (non-hydrogen) atoms. The highest BCUT2D eigenvalue weighted by atomic mass is 15.3. The molecule has 0 fully saturated rings. The van der Waals surface area contributed by atoms with Gasteiger partial charge in [0.25, 0.3) is 0 Å². The Balaban J connectivity index is 1.69. The second kappa shape index (κ2) is 8.29. The fraction of sp³-hybridized carbons (Fsp3) is 0.250. The first-order valence-corrected chi connectivity index (χ1v) is 8.83. The number of benzene rings is 2. The van der Waals surface area contributed by atoms with Crippen LogP contribution in [-0.2, 0) is 0 Å². The summed E-state index contributed by atoms with van der Waals surface area (Å²) in [5, 5.41) is 14.5. The minimum Gasteiger partial charge on any atom is -0.372 e. The van der Waals surface area contributed by atoms with Crippen LogP contribution in [0.1, 0.15) is 19.4 Å². The van der Waals surface area contributed by atoms with E-state index in [1.54, 1.807) is 6.20 Å². The molecule has 134 valence electrons. The van der Waals surface area contributed by atoms with Gasteiger partial charge in [-0.3, -0.25) is 0 Å². The molecule has 2 N–H and O–H groups in total. The summed E-state index contributed by atoms with van der Waals surface area (Å²) in [6.07, 6.45) is 1.61. The number of rotatable bonds is 7. The Morgan fingerprint density at radius 3 is 2.12 bits per heavy atom. The van der Waals surface area contributed by atoms with Crippen molar-refractivity contribution >= 4 is 28.8 Å². The maximum atomic E-state index is 4.47. The van der Waals surface area contributed by atoms with Crippen LogP contribution in [-0.4, -0.2) is 28.3 Å². The lowest BCUT2D eigenvalue weighted by atomic mass is 10.2. The first kappa shape index (κ1) is 17.7. The molecule has 1 aromatic heterocycles. The standard InChI is InChI=1S/C20H24N6/c1-4-26(5-2)18-12-10-16(11-13-18)22-19-14-21-25-20(24-19)23-17-8-6-15(3)7-9-17/h6-14H,4-5H2,1-3H3,(H2,22,23,24,25). The van der Waals surface area contributed by atoms with Crippen LogP contribution in [0.3, 0.4) is 0 Å². The Bertz CT molecular complexity index is 826. The summed E-state index contributed by atoms with van der Waals surface area (Å²) >= 11 is 0. The Kier molecular flexibility index (Phi) is 5.63. The molecule has 2 aromatic carbocycles. The van der Waals surface area contributed by atoms with Crippen molar-refractivity contribution in [2.24, 2.45) is 0 Å². The molecule has 0 unspecified atom stereocenters. The third-order valence-electron chi connectivity index (χ3n) is 4.13. The SMILES string of the molecule is CCN(CC)c1ccc(Nc2cnnc(Nc3ccc(C)cc3)n2)cc1. The summed E-state index contributed by atoms with van der Waals surface area (Å²) < 4.78 is 0. The number of anilines is 5. The molecule has 1 heterocycles. The van der Waals surface area contributed by atoms with Gasteiger partial charge in [0, 0.05) is 30.2 Å². The van der Waals surface area contributed by atoms with Crippen LogP contribution in [0.2, 0.25) is 0 Å². The van der Waals surface area contributed by atoms with E-state index in [-0.39, 0.29) is 0 Å². The zero-order valence-corrected chi connectivity index (χ0v) is 15.4. The van der Waals surface area contributed by atoms with E-state index in [0.717, 1.165) is 24.5 Å². The summed E-state index contributed by atoms with van der Waals surface area (Å²) in [7, 11) is 0. The molecule has 6 heteroatoms. The fourth-order valence-corrected chi connectivity index (χ4v) is 2.67. The van der Waals surface area contributed by atoms with Gasteiger partial charge < -0.3 is 15.5 Å². The van der Waals surface area contributed by atoms with Crippen LogP contribution in [0.4, 0.5) is 28.8 Å². The van der Waals surface area contributed by atoms with E-state index in [1.165, 1.54) is 11.3 Å². The first-order chi connectivity index (χ1) is 12.7. The predicted molar refractivity (Wildman–Crippen MR) is 108 cm³/mol. The summed E-state index contributed by atoms with van der Waals surface area (Å²) in [6.45, 7) is 8.35. The highest BCUT2D eigenvalue weighted by molar-refractivity contribution is 5.61. The summed E-state index contributed by atoms with van der Waals surface area (Å²) in [5.41, 5.74) is 4.31. The number of aromatic nitrogens is 3. The quantitative estimate of drug-likeness (QED) is 0.655. The van der Waals surface area contributed by atoms with Crippen LogP contribution < -0.4 is 15.5 Å². The zero-order chi connectivity index (χ0) is 18.4. The van der Waals surface area contributed by atoms with E-state index in [0.29, 0.717) is 11.8 Å². The smallest absolute Gasteiger partial charge is 0.249 e. The van der Waals surface area contributed by atoms with Gasteiger partial charge in [-0.2, -0.15) is 10.1 Å². The van der Waals surface area contributed by atoms with E-state index in [1.807, 2.05) is 36.4 Å². The van der Waals surface area contributed by atoms with Crippen molar-refractivity contribution in [2.75, 3.05) is 28.6 Å². The van der Waals surface area contributed by atoms with E-state index in [2.05, 4.69) is 63.6 Å². The topological polar surface area (TPSA) is 66.0 Å². The van der Waals surface area contributed by atoms with Crippen LogP contribution >= 0.6 is 0 Å². The predicted octanol–water partition coefficient (Wildman–Crippen LogP) is 4.51. The van der Waals surface area contributed by atoms with Crippen molar-refractivity contribution in [3.8, 4) is 0 Å². The molecule has 0 aliphatic carbocycles. The monoisotopic (exact) mass is 348 g/mol. The Morgan fingerprint density at radius 2 is 1.46 bits per heavy atom. The second-order valence-electron chi connectivity index (χ2n) is 6.00. The number of hydrogen-bond acceptors (Lipinski definition) is 6. The van der Waals surface area contributed by atoms with Crippen molar-refractivity contribution in [1.29, 1.82) is 0 Å². The minimum absolute atomic E-state index is 0.457. The summed E-state index contributed by atoms with van der Waals surface area (Å²) in [6, 6.07) is 16.4. The lowest BCUT2D eigenvalue weighted by Crippen LogP contribution is -2.21. The number of hydrogen-bond donors (Lipinski definition) is 2. The molecular formula is C20H24N6. The van der Waals surface area contributed by atoms with Gasteiger partial charge in [-0.05, 0) is 57.2 Å². The van der Waals surface area contributed by atoms with Gasteiger partial charge >= 0.3 is 0 Å². The number of nitrogens with zero attached hydrogens (tertiary/aromatic N) is 4. The van der Waals surface area contributed by atoms with Crippen LogP contribution in [0, 0.1) is 6.92 Å². The molecule has 6 nitrogen and oxygen atoms in total. The molecule has 0 spiro atoms. The Morgan fingerprint density at radius 1 is 0.846 bits per heavy atom. The molecule has 0 aliphatic heterocycles. The maximum Gasteiger partial charge on any atom is 0.249 e. The lowest BCUT2D eigenvalue weighted by molar-refractivity contribution is 0.866. The van der Waals surface area contributed by atoms with Crippen LogP contribution in [0.15, 0.2) is 54.7 Å². The molecule has 0 saturated carbocycles. The summed E-state index contributed by atoms with van der Waals surface area (Å²) in [5.74, 6) is 1.10. The lowest BCUT2D eigenvalue weighted by Gasteiger charge is -2.21. The molecule has 0 saturated heterocycles. The van der Waals surface area contributed by atoms with Gasteiger partial charge in [0.15, 0.2) is 5.82 Å². The molecule has 3 rings (SSSR count). The van der Waals surface area contributed by atoms with Gasteiger partial charge in [0.1, 0.15) is 0 Å². The molecule has 0 amide bonds. The molecule has 0 aliphatic rings. The molecular weight excluding hydrogens is 324 g/mol. The largest absolute Gasteiger partial charge is 0.372 e. The zero-order valence-electron chi connectivity index (χ0n) is 15.4. The normalized spacial score (nSPS) is 10.4. The van der Waals surface area contributed by atoms with E-state index in [4.69, 9.17) is 0 Å². The molecule has 0 radical (unpaired) electrons. The average molecular weight is 348 g/mol. The molecule has 3 aromatic rings. The fourth-order valence-electron chi connectivity index (χ4n) is 2.67. The minimum atomic E-state index is 0.457. The molecule has 0 bridgehead atoms. The highest BCUT2D eigenvalue weighted by Crippen LogP contribution is 2.21. The number of aryl methyl sites for hydroxylation is 1. The van der Waals surface area contributed by atoms with Gasteiger partial charge in [-0.1, -0.05) is 17.7 Å². The van der Waals surface area contributed by atoms with Crippen molar-refractivity contribution in [3.63, 3.8) is 0 Å². The van der Waals surface area contributed by atoms with Crippen LogP contribution in [0.25, 0.3) is 0 Å². The first-order valence-electron chi connectivity index (χ1n) is 8.83. The third-order valence-corrected chi connectivity index (χ3v) is 4.13. The van der Waals surface area contributed by atoms with Gasteiger partial charge in [-0.25, -0.2) is 0 Å².